The average Bonchev–Trinajstić information content (AvgIpc) is 2.96. The molecule has 142 valence electrons. The molecular weight excluding hydrogens is 328 g/mol. The number of fused-ring (bicyclic) bond motifs is 1. The maximum Gasteiger partial charge on any atom is 0.242 e. The van der Waals surface area contributed by atoms with E-state index in [0.29, 0.717) is 13.1 Å². The van der Waals surface area contributed by atoms with Gasteiger partial charge in [0.25, 0.3) is 0 Å². The highest BCUT2D eigenvalue weighted by atomic mass is 16.2. The third kappa shape index (κ3) is 5.31. The molecular formula is C20H30N4O2. The highest BCUT2D eigenvalue weighted by molar-refractivity contribution is 5.81. The third-order valence-electron chi connectivity index (χ3n) is 4.59. The number of rotatable bonds is 10. The van der Waals surface area contributed by atoms with Crippen molar-refractivity contribution >= 4 is 22.8 Å². The van der Waals surface area contributed by atoms with Crippen LogP contribution in [0.4, 0.5) is 0 Å². The van der Waals surface area contributed by atoms with Crippen molar-refractivity contribution in [2.45, 2.75) is 53.0 Å². The molecule has 0 spiro atoms. The van der Waals surface area contributed by atoms with E-state index < -0.39 is 0 Å². The number of nitrogens with one attached hydrogen (secondary N) is 1. The summed E-state index contributed by atoms with van der Waals surface area (Å²) in [5.41, 5.74) is 1.95. The Kier molecular flexibility index (Phi) is 7.63. The minimum atomic E-state index is 0.0155. The van der Waals surface area contributed by atoms with Crippen LogP contribution in [0, 0.1) is 0 Å². The molecule has 0 radical (unpaired) electrons. The maximum absolute atomic E-state index is 12.6. The summed E-state index contributed by atoms with van der Waals surface area (Å²) in [6.07, 6.45) is 3.80. The van der Waals surface area contributed by atoms with Crippen LogP contribution in [-0.4, -0.2) is 45.9 Å². The highest BCUT2D eigenvalue weighted by Crippen LogP contribution is 2.18. The molecule has 0 unspecified atom stereocenters. The molecule has 1 N–H and O–H groups in total. The van der Waals surface area contributed by atoms with Crippen molar-refractivity contribution in [3.8, 4) is 0 Å². The van der Waals surface area contributed by atoms with Crippen molar-refractivity contribution < 1.29 is 9.59 Å². The van der Waals surface area contributed by atoms with E-state index in [1.54, 1.807) is 0 Å². The molecule has 0 aliphatic heterocycles. The van der Waals surface area contributed by atoms with Crippen LogP contribution in [-0.2, 0) is 22.6 Å². The lowest BCUT2D eigenvalue weighted by Gasteiger charge is -2.20. The molecule has 0 aliphatic rings. The molecule has 6 nitrogen and oxygen atoms in total. The second kappa shape index (κ2) is 9.94. The summed E-state index contributed by atoms with van der Waals surface area (Å²) in [7, 11) is 0. The maximum atomic E-state index is 12.6. The zero-order valence-electron chi connectivity index (χ0n) is 16.1. The summed E-state index contributed by atoms with van der Waals surface area (Å²) < 4.78 is 2.06. The number of benzene rings is 1. The van der Waals surface area contributed by atoms with Crippen molar-refractivity contribution in [2.24, 2.45) is 0 Å². The first-order chi connectivity index (χ1) is 12.6. The minimum absolute atomic E-state index is 0.0155. The van der Waals surface area contributed by atoms with Crippen LogP contribution in [0.2, 0.25) is 0 Å². The van der Waals surface area contributed by atoms with E-state index in [0.717, 1.165) is 55.6 Å². The van der Waals surface area contributed by atoms with Gasteiger partial charge >= 0.3 is 0 Å². The van der Waals surface area contributed by atoms with Crippen molar-refractivity contribution in [1.82, 2.24) is 19.8 Å². The van der Waals surface area contributed by atoms with Gasteiger partial charge in [0, 0.05) is 33.0 Å². The highest BCUT2D eigenvalue weighted by Gasteiger charge is 2.16. The van der Waals surface area contributed by atoms with E-state index in [2.05, 4.69) is 9.88 Å². The van der Waals surface area contributed by atoms with Gasteiger partial charge in [-0.25, -0.2) is 4.98 Å². The number of amides is 2. The Morgan fingerprint density at radius 1 is 1.12 bits per heavy atom. The van der Waals surface area contributed by atoms with Crippen LogP contribution in [0.15, 0.2) is 24.3 Å². The molecule has 26 heavy (non-hydrogen) atoms. The normalized spacial score (nSPS) is 10.9. The molecule has 1 aromatic heterocycles. The van der Waals surface area contributed by atoms with Gasteiger partial charge in [0.2, 0.25) is 11.8 Å². The lowest BCUT2D eigenvalue weighted by atomic mass is 10.2. The Labute approximate surface area is 155 Å². The zero-order valence-corrected chi connectivity index (χ0v) is 16.1. The summed E-state index contributed by atoms with van der Waals surface area (Å²) in [6.45, 7) is 8.04. The number of hydrogen-bond donors (Lipinski definition) is 1. The molecule has 0 bridgehead atoms. The smallest absolute Gasteiger partial charge is 0.242 e. The summed E-state index contributed by atoms with van der Waals surface area (Å²) in [5.74, 6) is 1.11. The van der Waals surface area contributed by atoms with Crippen LogP contribution in [0.25, 0.3) is 11.0 Å². The number of unbranched alkanes of at least 4 members (excludes halogenated alkanes) is 2. The fraction of sp³-hybridized carbons (Fsp3) is 0.550. The van der Waals surface area contributed by atoms with E-state index in [9.17, 15) is 9.59 Å². The number of carbonyl (C=O) groups excluding carboxylic acids is 2. The molecule has 2 aromatic rings. The monoisotopic (exact) mass is 358 g/mol. The minimum Gasteiger partial charge on any atom is -0.356 e. The fourth-order valence-corrected chi connectivity index (χ4v) is 3.15. The van der Waals surface area contributed by atoms with Crippen molar-refractivity contribution in [3.63, 3.8) is 0 Å². The number of para-hydroxylation sites is 2. The number of nitrogens with zero attached hydrogens (tertiary/aromatic N) is 3. The lowest BCUT2D eigenvalue weighted by Crippen LogP contribution is -2.33. The summed E-state index contributed by atoms with van der Waals surface area (Å²) >= 11 is 0. The molecule has 2 rings (SSSR count). The second-order valence-electron chi connectivity index (χ2n) is 6.46. The summed E-state index contributed by atoms with van der Waals surface area (Å²) in [4.78, 5) is 30.1. The first kappa shape index (κ1) is 19.9. The predicted octanol–water partition coefficient (Wildman–Crippen LogP) is 2.75. The van der Waals surface area contributed by atoms with E-state index >= 15 is 0 Å². The third-order valence-corrected chi connectivity index (χ3v) is 4.59. The average molecular weight is 358 g/mol. The van der Waals surface area contributed by atoms with Crippen LogP contribution < -0.4 is 5.32 Å². The predicted molar refractivity (Wildman–Crippen MR) is 104 cm³/mol. The SMILES string of the molecule is CCN(CC)C(=O)Cn1c(CCCCCNC(C)=O)nc2ccccc21. The second-order valence-corrected chi connectivity index (χ2v) is 6.46. The molecule has 1 aromatic carbocycles. The van der Waals surface area contributed by atoms with Gasteiger partial charge < -0.3 is 14.8 Å². The number of imidazole rings is 1. The first-order valence-electron chi connectivity index (χ1n) is 9.53. The van der Waals surface area contributed by atoms with Gasteiger partial charge in [-0.3, -0.25) is 9.59 Å². The van der Waals surface area contributed by atoms with E-state index in [4.69, 9.17) is 4.98 Å². The van der Waals surface area contributed by atoms with Gasteiger partial charge in [-0.2, -0.15) is 0 Å². The number of carbonyl (C=O) groups is 2. The Bertz CT molecular complexity index is 734. The van der Waals surface area contributed by atoms with Crippen LogP contribution >= 0.6 is 0 Å². The quantitative estimate of drug-likeness (QED) is 0.664. The molecule has 6 heteroatoms. The Hall–Kier alpha value is -2.37. The zero-order chi connectivity index (χ0) is 18.9. The Balaban J connectivity index is 2.05. The van der Waals surface area contributed by atoms with Gasteiger partial charge in [-0.05, 0) is 38.8 Å². The van der Waals surface area contributed by atoms with Gasteiger partial charge in [0.05, 0.1) is 11.0 Å². The van der Waals surface area contributed by atoms with Crippen LogP contribution in [0.1, 0.15) is 45.9 Å². The summed E-state index contributed by atoms with van der Waals surface area (Å²) in [5, 5.41) is 2.82. The number of hydrogen-bond acceptors (Lipinski definition) is 3. The van der Waals surface area contributed by atoms with Gasteiger partial charge in [0.15, 0.2) is 0 Å². The van der Waals surface area contributed by atoms with Crippen molar-refractivity contribution in [3.05, 3.63) is 30.1 Å². The molecule has 1 heterocycles. The van der Waals surface area contributed by atoms with Gasteiger partial charge in [-0.15, -0.1) is 0 Å². The van der Waals surface area contributed by atoms with E-state index in [-0.39, 0.29) is 11.8 Å². The van der Waals surface area contributed by atoms with Crippen molar-refractivity contribution in [1.29, 1.82) is 0 Å². The molecule has 0 saturated heterocycles. The van der Waals surface area contributed by atoms with Crippen LogP contribution in [0.5, 0.6) is 0 Å². The summed E-state index contributed by atoms with van der Waals surface area (Å²) in [6, 6.07) is 7.98. The number of likely N-dealkylation sites (N-methyl/N-ethyl adjacent to an activating group) is 1. The van der Waals surface area contributed by atoms with Crippen LogP contribution in [0.3, 0.4) is 0 Å². The number of aryl methyl sites for hydroxylation is 1. The topological polar surface area (TPSA) is 67.2 Å². The molecule has 0 aliphatic carbocycles. The largest absolute Gasteiger partial charge is 0.356 e. The number of aromatic nitrogens is 2. The fourth-order valence-electron chi connectivity index (χ4n) is 3.15. The Morgan fingerprint density at radius 2 is 1.85 bits per heavy atom. The molecule has 0 atom stereocenters. The standard InChI is InChI=1S/C20H30N4O2/c1-4-23(5-2)20(26)15-24-18-12-9-8-11-17(18)22-19(24)13-7-6-10-14-21-16(3)25/h8-9,11-12H,4-7,10,13-15H2,1-3H3,(H,21,25). The van der Waals surface area contributed by atoms with Crippen molar-refractivity contribution in [2.75, 3.05) is 19.6 Å². The van der Waals surface area contributed by atoms with Gasteiger partial charge in [-0.1, -0.05) is 18.6 Å². The van der Waals surface area contributed by atoms with E-state index in [1.807, 2.05) is 43.0 Å². The first-order valence-corrected chi connectivity index (χ1v) is 9.53. The molecule has 2 amide bonds. The lowest BCUT2D eigenvalue weighted by molar-refractivity contribution is -0.131. The van der Waals surface area contributed by atoms with Gasteiger partial charge in [0.1, 0.15) is 12.4 Å². The van der Waals surface area contributed by atoms with E-state index in [1.165, 1.54) is 6.92 Å². The Morgan fingerprint density at radius 3 is 2.54 bits per heavy atom. The molecule has 0 saturated carbocycles. The molecule has 0 fully saturated rings.